The number of aryl methyl sites for hydroxylation is 3. The molecule has 0 aliphatic rings. The normalized spacial score (nSPS) is 11.1. The lowest BCUT2D eigenvalue weighted by Crippen LogP contribution is -2.29. The molecule has 0 N–H and O–H groups in total. The molecule has 160 valence electrons. The van der Waals surface area contributed by atoms with E-state index in [0.717, 1.165) is 33.9 Å². The highest BCUT2D eigenvalue weighted by Crippen LogP contribution is 2.25. The Kier molecular flexibility index (Phi) is 6.92. The van der Waals surface area contributed by atoms with Gasteiger partial charge in [0, 0.05) is 50.2 Å². The maximum atomic E-state index is 12.8. The number of benzene rings is 1. The molecule has 0 aliphatic heterocycles. The third-order valence-electron chi connectivity index (χ3n) is 5.63. The molecular formula is C23H30N4O2S. The van der Waals surface area contributed by atoms with Crippen molar-refractivity contribution < 1.29 is 4.79 Å². The topological polar surface area (TPSA) is 58.4 Å². The van der Waals surface area contributed by atoms with Crippen LogP contribution in [0.25, 0.3) is 10.2 Å². The van der Waals surface area contributed by atoms with Crippen LogP contribution in [0.1, 0.15) is 36.3 Å². The zero-order valence-electron chi connectivity index (χ0n) is 18.4. The van der Waals surface area contributed by atoms with E-state index in [1.165, 1.54) is 17.0 Å². The summed E-state index contributed by atoms with van der Waals surface area (Å²) >= 11 is 1.53. The number of anilines is 1. The van der Waals surface area contributed by atoms with Crippen molar-refractivity contribution >= 4 is 33.1 Å². The molecule has 6 nitrogen and oxygen atoms in total. The van der Waals surface area contributed by atoms with E-state index >= 15 is 0 Å². The Labute approximate surface area is 181 Å². The second kappa shape index (κ2) is 9.43. The largest absolute Gasteiger partial charge is 0.372 e. The number of rotatable bonds is 8. The Bertz CT molecular complexity index is 1080. The van der Waals surface area contributed by atoms with Gasteiger partial charge in [0.05, 0.1) is 11.7 Å². The second-order valence-electron chi connectivity index (χ2n) is 7.55. The standard InChI is InChI=1S/C23H30N4O2S/c1-6-26(7-2)19-10-8-18(9-11-19)14-25(5)20(28)12-13-27-15-24-22-21(23(27)29)16(3)17(4)30-22/h8-11,15H,6-7,12-14H2,1-5H3. The monoisotopic (exact) mass is 426 g/mol. The number of thiophene rings is 1. The van der Waals surface area contributed by atoms with Gasteiger partial charge in [0.1, 0.15) is 4.83 Å². The fourth-order valence-corrected chi connectivity index (χ4v) is 4.59. The molecule has 3 rings (SSSR count). The van der Waals surface area contributed by atoms with Crippen molar-refractivity contribution in [1.82, 2.24) is 14.5 Å². The zero-order valence-corrected chi connectivity index (χ0v) is 19.3. The Morgan fingerprint density at radius 3 is 2.43 bits per heavy atom. The maximum Gasteiger partial charge on any atom is 0.262 e. The minimum atomic E-state index is -0.0655. The lowest BCUT2D eigenvalue weighted by atomic mass is 10.1. The van der Waals surface area contributed by atoms with Crippen molar-refractivity contribution in [3.05, 3.63) is 57.0 Å². The molecule has 0 atom stereocenters. The van der Waals surface area contributed by atoms with Gasteiger partial charge in [-0.05, 0) is 51.0 Å². The summed E-state index contributed by atoms with van der Waals surface area (Å²) in [7, 11) is 1.80. The molecule has 7 heteroatoms. The molecule has 0 spiro atoms. The van der Waals surface area contributed by atoms with Gasteiger partial charge in [-0.1, -0.05) is 12.1 Å². The highest BCUT2D eigenvalue weighted by Gasteiger charge is 2.14. The first-order valence-corrected chi connectivity index (χ1v) is 11.2. The SMILES string of the molecule is CCN(CC)c1ccc(CN(C)C(=O)CCn2cnc3sc(C)c(C)c3c2=O)cc1. The quantitative estimate of drug-likeness (QED) is 0.547. The van der Waals surface area contributed by atoms with Gasteiger partial charge in [-0.25, -0.2) is 4.98 Å². The van der Waals surface area contributed by atoms with E-state index < -0.39 is 0 Å². The lowest BCUT2D eigenvalue weighted by molar-refractivity contribution is -0.130. The number of fused-ring (bicyclic) bond motifs is 1. The summed E-state index contributed by atoms with van der Waals surface area (Å²) in [5, 5.41) is 0.675. The molecule has 3 aromatic rings. The van der Waals surface area contributed by atoms with E-state index in [2.05, 4.69) is 48.0 Å². The smallest absolute Gasteiger partial charge is 0.262 e. The predicted molar refractivity (Wildman–Crippen MR) is 124 cm³/mol. The van der Waals surface area contributed by atoms with Crippen LogP contribution in [-0.2, 0) is 17.9 Å². The van der Waals surface area contributed by atoms with Crippen LogP contribution in [0.15, 0.2) is 35.4 Å². The molecular weight excluding hydrogens is 396 g/mol. The first-order valence-electron chi connectivity index (χ1n) is 10.4. The fraction of sp³-hybridized carbons (Fsp3) is 0.435. The first kappa shape index (κ1) is 22.0. The first-order chi connectivity index (χ1) is 14.3. The molecule has 0 fully saturated rings. The number of amides is 1. The van der Waals surface area contributed by atoms with Gasteiger partial charge in [-0.2, -0.15) is 0 Å². The average molecular weight is 427 g/mol. The van der Waals surface area contributed by atoms with Gasteiger partial charge in [0.25, 0.3) is 5.56 Å². The molecule has 0 saturated heterocycles. The van der Waals surface area contributed by atoms with Crippen LogP contribution in [0.4, 0.5) is 5.69 Å². The molecule has 2 aromatic heterocycles. The number of hydrogen-bond donors (Lipinski definition) is 0. The Morgan fingerprint density at radius 2 is 1.80 bits per heavy atom. The lowest BCUT2D eigenvalue weighted by Gasteiger charge is -2.22. The molecule has 30 heavy (non-hydrogen) atoms. The van der Waals surface area contributed by atoms with Crippen LogP contribution >= 0.6 is 11.3 Å². The van der Waals surface area contributed by atoms with Crippen LogP contribution in [-0.4, -0.2) is 40.5 Å². The number of carbonyl (C=O) groups is 1. The molecule has 1 amide bonds. The predicted octanol–water partition coefficient (Wildman–Crippen LogP) is 3.97. The van der Waals surface area contributed by atoms with Crippen molar-refractivity contribution in [2.75, 3.05) is 25.0 Å². The molecule has 0 unspecified atom stereocenters. The number of hydrogen-bond acceptors (Lipinski definition) is 5. The van der Waals surface area contributed by atoms with Crippen LogP contribution < -0.4 is 10.5 Å². The van der Waals surface area contributed by atoms with Crippen LogP contribution in [0.5, 0.6) is 0 Å². The van der Waals surface area contributed by atoms with E-state index in [4.69, 9.17) is 0 Å². The molecule has 0 radical (unpaired) electrons. The Morgan fingerprint density at radius 1 is 1.13 bits per heavy atom. The summed E-state index contributed by atoms with van der Waals surface area (Å²) in [4.78, 5) is 35.7. The van der Waals surface area contributed by atoms with Gasteiger partial charge in [0.2, 0.25) is 5.91 Å². The van der Waals surface area contributed by atoms with Crippen LogP contribution in [0.2, 0.25) is 0 Å². The van der Waals surface area contributed by atoms with Gasteiger partial charge < -0.3 is 9.80 Å². The van der Waals surface area contributed by atoms with Crippen LogP contribution in [0.3, 0.4) is 0 Å². The van der Waals surface area contributed by atoms with E-state index in [9.17, 15) is 9.59 Å². The van der Waals surface area contributed by atoms with Crippen LogP contribution in [0, 0.1) is 13.8 Å². The molecule has 0 saturated carbocycles. The summed E-state index contributed by atoms with van der Waals surface area (Å²) in [5.74, 6) is 0.00744. The van der Waals surface area contributed by atoms with Crippen molar-refractivity contribution in [1.29, 1.82) is 0 Å². The van der Waals surface area contributed by atoms with Gasteiger partial charge in [-0.3, -0.25) is 14.2 Å². The van der Waals surface area contributed by atoms with Gasteiger partial charge in [0.15, 0.2) is 0 Å². The summed E-state index contributed by atoms with van der Waals surface area (Å²) < 4.78 is 1.55. The highest BCUT2D eigenvalue weighted by atomic mass is 32.1. The van der Waals surface area contributed by atoms with E-state index in [1.54, 1.807) is 22.8 Å². The fourth-order valence-electron chi connectivity index (χ4n) is 3.60. The Balaban J connectivity index is 1.62. The van der Waals surface area contributed by atoms with E-state index in [-0.39, 0.29) is 17.9 Å². The summed E-state index contributed by atoms with van der Waals surface area (Å²) in [6.07, 6.45) is 1.82. The minimum absolute atomic E-state index is 0.00744. The van der Waals surface area contributed by atoms with Crippen molar-refractivity contribution in [2.45, 2.75) is 47.2 Å². The van der Waals surface area contributed by atoms with E-state index in [0.29, 0.717) is 18.5 Å². The molecule has 0 aliphatic carbocycles. The molecule has 2 heterocycles. The number of aromatic nitrogens is 2. The zero-order chi connectivity index (χ0) is 21.8. The summed E-state index contributed by atoms with van der Waals surface area (Å²) in [6, 6.07) is 8.35. The molecule has 0 bridgehead atoms. The third-order valence-corrected chi connectivity index (χ3v) is 6.75. The van der Waals surface area contributed by atoms with Gasteiger partial charge >= 0.3 is 0 Å². The van der Waals surface area contributed by atoms with Gasteiger partial charge in [-0.15, -0.1) is 11.3 Å². The average Bonchev–Trinajstić information content (AvgIpc) is 3.03. The molecule has 1 aromatic carbocycles. The van der Waals surface area contributed by atoms with E-state index in [1.807, 2.05) is 13.8 Å². The van der Waals surface area contributed by atoms with Crippen molar-refractivity contribution in [3.8, 4) is 0 Å². The third kappa shape index (κ3) is 4.56. The maximum absolute atomic E-state index is 12.8. The second-order valence-corrected chi connectivity index (χ2v) is 8.75. The van der Waals surface area contributed by atoms with Crippen molar-refractivity contribution in [3.63, 3.8) is 0 Å². The Hall–Kier alpha value is -2.67. The highest BCUT2D eigenvalue weighted by molar-refractivity contribution is 7.18. The summed E-state index contributed by atoms with van der Waals surface area (Å²) in [6.45, 7) is 11.1. The summed E-state index contributed by atoms with van der Waals surface area (Å²) in [5.41, 5.74) is 3.20. The minimum Gasteiger partial charge on any atom is -0.372 e. The van der Waals surface area contributed by atoms with Crippen molar-refractivity contribution in [2.24, 2.45) is 0 Å². The number of carbonyl (C=O) groups excluding carboxylic acids is 1. The number of nitrogens with zero attached hydrogens (tertiary/aromatic N) is 4.